The predicted octanol–water partition coefficient (Wildman–Crippen LogP) is 7.21. The van der Waals surface area contributed by atoms with Crippen LogP contribution in [-0.4, -0.2) is 42.4 Å². The van der Waals surface area contributed by atoms with Gasteiger partial charge in [-0.3, -0.25) is 14.5 Å². The van der Waals surface area contributed by atoms with Crippen LogP contribution in [0.15, 0.2) is 77.7 Å². The predicted molar refractivity (Wildman–Crippen MR) is 152 cm³/mol. The molecule has 2 amide bonds. The number of hydrogen-bond acceptors (Lipinski definition) is 6. The van der Waals surface area contributed by atoms with E-state index in [2.05, 4.69) is 32.9 Å². The maximum absolute atomic E-state index is 12.8. The van der Waals surface area contributed by atoms with E-state index in [9.17, 15) is 9.59 Å². The third-order valence-electron chi connectivity index (χ3n) is 5.78. The fourth-order valence-corrected chi connectivity index (χ4v) is 4.77. The molecule has 8 heteroatoms. The molecule has 3 aromatic rings. The molecule has 0 aromatic heterocycles. The summed E-state index contributed by atoms with van der Waals surface area (Å²) in [6.45, 7) is 7.58. The highest BCUT2D eigenvalue weighted by molar-refractivity contribution is 8.18. The summed E-state index contributed by atoms with van der Waals surface area (Å²) in [7, 11) is 0. The Morgan fingerprint density at radius 3 is 2.26 bits per heavy atom. The molecule has 3 aromatic carbocycles. The summed E-state index contributed by atoms with van der Waals surface area (Å²) < 4.78 is 17.3. The van der Waals surface area contributed by atoms with Gasteiger partial charge in [-0.2, -0.15) is 0 Å². The zero-order valence-corrected chi connectivity index (χ0v) is 23.2. The topological polar surface area (TPSA) is 65.1 Å². The molecule has 0 N–H and O–H groups in total. The second kappa shape index (κ2) is 12.4. The van der Waals surface area contributed by atoms with E-state index in [1.165, 1.54) is 10.5 Å². The minimum atomic E-state index is -0.347. The average molecular weight is 552 g/mol. The first kappa shape index (κ1) is 27.6. The smallest absolute Gasteiger partial charge is 0.293 e. The van der Waals surface area contributed by atoms with Gasteiger partial charge < -0.3 is 14.2 Å². The zero-order valence-electron chi connectivity index (χ0n) is 21.6. The van der Waals surface area contributed by atoms with Crippen LogP contribution in [0.5, 0.6) is 17.2 Å². The number of thioether (sulfide) groups is 1. The number of halogens is 1. The second-order valence-electron chi connectivity index (χ2n) is 9.66. The molecular formula is C30H30ClNO5S. The van der Waals surface area contributed by atoms with Gasteiger partial charge in [0.2, 0.25) is 0 Å². The first-order valence-corrected chi connectivity index (χ1v) is 13.5. The molecular weight excluding hydrogens is 522 g/mol. The molecule has 1 saturated heterocycles. The summed E-state index contributed by atoms with van der Waals surface area (Å²) in [5.74, 6) is 1.61. The van der Waals surface area contributed by atoms with E-state index in [-0.39, 0.29) is 29.7 Å². The number of nitrogens with zero attached hydrogens (tertiary/aromatic N) is 1. The van der Waals surface area contributed by atoms with E-state index in [4.69, 9.17) is 25.8 Å². The Labute approximate surface area is 232 Å². The van der Waals surface area contributed by atoms with Gasteiger partial charge in [0.1, 0.15) is 37.1 Å². The highest BCUT2D eigenvalue weighted by Gasteiger charge is 2.34. The van der Waals surface area contributed by atoms with E-state index in [1.807, 2.05) is 36.4 Å². The van der Waals surface area contributed by atoms with Gasteiger partial charge in [-0.15, -0.1) is 0 Å². The second-order valence-corrected chi connectivity index (χ2v) is 11.1. The normalized spacial score (nSPS) is 14.7. The minimum absolute atomic E-state index is 0.0980. The van der Waals surface area contributed by atoms with Gasteiger partial charge in [-0.1, -0.05) is 68.8 Å². The SMILES string of the molecule is CC(C)(C)c1ccc(OCCOc2cccc(/C=C3\SC(=O)N(CCOc4ccccc4Cl)C3=O)c2)cc1. The first-order valence-electron chi connectivity index (χ1n) is 12.3. The van der Waals surface area contributed by atoms with Crippen LogP contribution in [0, 0.1) is 0 Å². The molecule has 0 aliphatic carbocycles. The standard InChI is InChI=1S/C30H30ClNO5S/c1-30(2,3)22-11-13-23(14-12-22)35-17-18-36-24-8-6-7-21(19-24)20-27-28(33)32(29(34)38-27)15-16-37-26-10-5-4-9-25(26)31/h4-14,19-20H,15-18H2,1-3H3/b27-20-. The van der Waals surface area contributed by atoms with Crippen molar-refractivity contribution < 1.29 is 23.8 Å². The van der Waals surface area contributed by atoms with E-state index in [0.29, 0.717) is 34.6 Å². The molecule has 1 aliphatic heterocycles. The van der Waals surface area contributed by atoms with Gasteiger partial charge in [-0.25, -0.2) is 0 Å². The lowest BCUT2D eigenvalue weighted by atomic mass is 9.87. The Balaban J connectivity index is 1.27. The third-order valence-corrected chi connectivity index (χ3v) is 7.00. The summed E-state index contributed by atoms with van der Waals surface area (Å²) in [5, 5.41) is 0.147. The molecule has 6 nitrogen and oxygen atoms in total. The lowest BCUT2D eigenvalue weighted by Crippen LogP contribution is -2.32. The van der Waals surface area contributed by atoms with Crippen molar-refractivity contribution in [2.24, 2.45) is 0 Å². The average Bonchev–Trinajstić information content (AvgIpc) is 3.15. The number of carbonyl (C=O) groups is 2. The number of rotatable bonds is 10. The fourth-order valence-electron chi connectivity index (χ4n) is 3.72. The number of carbonyl (C=O) groups excluding carboxylic acids is 2. The largest absolute Gasteiger partial charge is 0.490 e. The highest BCUT2D eigenvalue weighted by Crippen LogP contribution is 2.33. The number of benzene rings is 3. The summed E-state index contributed by atoms with van der Waals surface area (Å²) >= 11 is 7.00. The van der Waals surface area contributed by atoms with Gasteiger partial charge in [0.25, 0.3) is 11.1 Å². The van der Waals surface area contributed by atoms with E-state index in [1.54, 1.807) is 30.3 Å². The van der Waals surface area contributed by atoms with Gasteiger partial charge in [0.05, 0.1) is 16.5 Å². The lowest BCUT2D eigenvalue weighted by Gasteiger charge is -2.19. The molecule has 4 rings (SSSR count). The quantitative estimate of drug-likeness (QED) is 0.196. The van der Waals surface area contributed by atoms with Crippen LogP contribution in [0.2, 0.25) is 5.02 Å². The number of amides is 2. The Hall–Kier alpha value is -3.42. The Bertz CT molecular complexity index is 1320. The summed E-state index contributed by atoms with van der Waals surface area (Å²) in [5.41, 5.74) is 2.11. The molecule has 0 spiro atoms. The number of para-hydroxylation sites is 1. The molecule has 1 fully saturated rings. The van der Waals surface area contributed by atoms with Gasteiger partial charge in [0, 0.05) is 0 Å². The molecule has 0 radical (unpaired) electrons. The van der Waals surface area contributed by atoms with Crippen molar-refractivity contribution in [1.29, 1.82) is 0 Å². The maximum atomic E-state index is 12.8. The fraction of sp³-hybridized carbons (Fsp3) is 0.267. The number of ether oxygens (including phenoxy) is 3. The maximum Gasteiger partial charge on any atom is 0.293 e. The summed E-state index contributed by atoms with van der Waals surface area (Å²) in [6.07, 6.45) is 1.69. The van der Waals surface area contributed by atoms with Crippen LogP contribution in [0.3, 0.4) is 0 Å². The molecule has 38 heavy (non-hydrogen) atoms. The molecule has 0 bridgehead atoms. The molecule has 0 atom stereocenters. The third kappa shape index (κ3) is 7.33. The monoisotopic (exact) mass is 551 g/mol. The van der Waals surface area contributed by atoms with Crippen molar-refractivity contribution in [3.8, 4) is 17.2 Å². The van der Waals surface area contributed by atoms with Crippen LogP contribution in [0.25, 0.3) is 6.08 Å². The van der Waals surface area contributed by atoms with Crippen LogP contribution < -0.4 is 14.2 Å². The summed E-state index contributed by atoms with van der Waals surface area (Å²) in [6, 6.07) is 22.5. The number of imide groups is 1. The van der Waals surface area contributed by atoms with Crippen molar-refractivity contribution in [1.82, 2.24) is 4.90 Å². The van der Waals surface area contributed by atoms with Gasteiger partial charge >= 0.3 is 0 Å². The van der Waals surface area contributed by atoms with Crippen LogP contribution >= 0.6 is 23.4 Å². The van der Waals surface area contributed by atoms with Crippen molar-refractivity contribution >= 4 is 40.6 Å². The van der Waals surface area contributed by atoms with E-state index < -0.39 is 0 Å². The molecule has 0 unspecified atom stereocenters. The van der Waals surface area contributed by atoms with Gasteiger partial charge in [0.15, 0.2) is 0 Å². The molecule has 0 saturated carbocycles. The van der Waals surface area contributed by atoms with E-state index >= 15 is 0 Å². The van der Waals surface area contributed by atoms with Crippen molar-refractivity contribution in [2.75, 3.05) is 26.4 Å². The Morgan fingerprint density at radius 2 is 1.55 bits per heavy atom. The summed E-state index contributed by atoms with van der Waals surface area (Å²) in [4.78, 5) is 26.8. The van der Waals surface area contributed by atoms with E-state index in [0.717, 1.165) is 23.1 Å². The zero-order chi connectivity index (χ0) is 27.1. The first-order chi connectivity index (χ1) is 18.2. The van der Waals surface area contributed by atoms with Crippen LogP contribution in [0.1, 0.15) is 31.9 Å². The highest BCUT2D eigenvalue weighted by atomic mass is 35.5. The Kier molecular flexibility index (Phi) is 9.02. The van der Waals surface area contributed by atoms with Crippen LogP contribution in [0.4, 0.5) is 4.79 Å². The minimum Gasteiger partial charge on any atom is -0.490 e. The van der Waals surface area contributed by atoms with Crippen LogP contribution in [-0.2, 0) is 10.2 Å². The molecule has 198 valence electrons. The van der Waals surface area contributed by atoms with Crippen molar-refractivity contribution in [2.45, 2.75) is 26.2 Å². The Morgan fingerprint density at radius 1 is 0.842 bits per heavy atom. The molecule has 1 heterocycles. The van der Waals surface area contributed by atoms with Crippen molar-refractivity contribution in [3.63, 3.8) is 0 Å². The van der Waals surface area contributed by atoms with Crippen molar-refractivity contribution in [3.05, 3.63) is 93.9 Å². The molecule has 1 aliphatic rings. The lowest BCUT2D eigenvalue weighted by molar-refractivity contribution is -0.123. The number of hydrogen-bond donors (Lipinski definition) is 0. The van der Waals surface area contributed by atoms with Gasteiger partial charge in [-0.05, 0) is 70.8 Å².